The van der Waals surface area contributed by atoms with Crippen LogP contribution in [0.5, 0.6) is 5.75 Å². The van der Waals surface area contributed by atoms with Crippen molar-refractivity contribution in [2.24, 2.45) is 7.05 Å². The van der Waals surface area contributed by atoms with Crippen molar-refractivity contribution in [3.05, 3.63) is 23.9 Å². The molecule has 2 N–H and O–H groups in total. The van der Waals surface area contributed by atoms with E-state index in [0.29, 0.717) is 11.4 Å². The molecule has 0 fully saturated rings. The van der Waals surface area contributed by atoms with Crippen molar-refractivity contribution in [3.63, 3.8) is 0 Å². The van der Waals surface area contributed by atoms with Gasteiger partial charge in [-0.15, -0.1) is 0 Å². The summed E-state index contributed by atoms with van der Waals surface area (Å²) in [4.78, 5) is 1.51. The highest BCUT2D eigenvalue weighted by Crippen LogP contribution is 2.36. The van der Waals surface area contributed by atoms with Crippen LogP contribution in [0.2, 0.25) is 0 Å². The zero-order valence-electron chi connectivity index (χ0n) is 9.56. The average Bonchev–Trinajstić information content (AvgIpc) is 2.67. The molecule has 2 rings (SSSR count). The molecule has 2 aromatic rings. The van der Waals surface area contributed by atoms with Crippen molar-refractivity contribution >= 4 is 5.69 Å². The molecule has 1 aromatic heterocycles. The molecule has 0 saturated heterocycles. The number of hydrogen-bond acceptors (Lipinski definition) is 4. The molecule has 5 heteroatoms. The average molecular weight is 218 g/mol. The highest BCUT2D eigenvalue weighted by molar-refractivity contribution is 5.77. The number of methoxy groups -OCH3 is 1. The molecule has 1 aromatic carbocycles. The van der Waals surface area contributed by atoms with E-state index in [1.165, 1.54) is 4.80 Å². The summed E-state index contributed by atoms with van der Waals surface area (Å²) in [5, 5.41) is 8.31. The zero-order chi connectivity index (χ0) is 11.7. The van der Waals surface area contributed by atoms with Crippen molar-refractivity contribution in [3.8, 4) is 17.0 Å². The third-order valence-corrected chi connectivity index (χ3v) is 2.46. The fraction of sp³-hybridized carbons (Fsp3) is 0.273. The summed E-state index contributed by atoms with van der Waals surface area (Å²) in [5.74, 6) is 0.653. The van der Waals surface area contributed by atoms with Crippen molar-refractivity contribution in [1.29, 1.82) is 0 Å². The van der Waals surface area contributed by atoms with Crippen molar-refractivity contribution in [1.82, 2.24) is 15.0 Å². The Morgan fingerprint density at radius 2 is 2.12 bits per heavy atom. The van der Waals surface area contributed by atoms with Gasteiger partial charge in [0.15, 0.2) is 5.75 Å². The number of aryl methyl sites for hydroxylation is 2. The van der Waals surface area contributed by atoms with Crippen LogP contribution in [0, 0.1) is 6.92 Å². The zero-order valence-corrected chi connectivity index (χ0v) is 9.56. The van der Waals surface area contributed by atoms with Crippen LogP contribution >= 0.6 is 0 Å². The second-order valence-corrected chi connectivity index (χ2v) is 3.60. The first-order valence-electron chi connectivity index (χ1n) is 4.93. The molecule has 0 radical (unpaired) electrons. The van der Waals surface area contributed by atoms with Gasteiger partial charge in [-0.2, -0.15) is 15.0 Å². The molecule has 0 spiro atoms. The number of rotatable bonds is 2. The molecule has 0 saturated carbocycles. The quantitative estimate of drug-likeness (QED) is 0.773. The Bertz CT molecular complexity index is 519. The lowest BCUT2D eigenvalue weighted by molar-refractivity contribution is 0.418. The molecule has 0 bridgehead atoms. The minimum Gasteiger partial charge on any atom is -0.494 e. The Kier molecular flexibility index (Phi) is 2.52. The number of anilines is 1. The number of benzene rings is 1. The van der Waals surface area contributed by atoms with Gasteiger partial charge in [0, 0.05) is 7.05 Å². The molecule has 16 heavy (non-hydrogen) atoms. The largest absolute Gasteiger partial charge is 0.494 e. The van der Waals surface area contributed by atoms with Crippen LogP contribution in [0.15, 0.2) is 18.3 Å². The van der Waals surface area contributed by atoms with E-state index < -0.39 is 0 Å². The fourth-order valence-electron chi connectivity index (χ4n) is 1.70. The van der Waals surface area contributed by atoms with Crippen LogP contribution in [0.1, 0.15) is 5.56 Å². The Balaban J connectivity index is 2.67. The fourth-order valence-corrected chi connectivity index (χ4v) is 1.70. The molecule has 0 aliphatic carbocycles. The molecule has 5 nitrogen and oxygen atoms in total. The summed E-state index contributed by atoms with van der Waals surface area (Å²) in [7, 11) is 3.38. The number of ether oxygens (including phenoxy) is 1. The molecular weight excluding hydrogens is 204 g/mol. The van der Waals surface area contributed by atoms with Crippen LogP contribution < -0.4 is 10.5 Å². The summed E-state index contributed by atoms with van der Waals surface area (Å²) in [5.41, 5.74) is 9.20. The number of nitrogen functional groups attached to an aromatic ring is 1. The molecule has 0 atom stereocenters. The van der Waals surface area contributed by atoms with Crippen LogP contribution in [0.25, 0.3) is 11.3 Å². The second-order valence-electron chi connectivity index (χ2n) is 3.60. The van der Waals surface area contributed by atoms with Crippen molar-refractivity contribution in [2.45, 2.75) is 6.92 Å². The summed E-state index contributed by atoms with van der Waals surface area (Å²) >= 11 is 0. The van der Waals surface area contributed by atoms with Crippen molar-refractivity contribution in [2.75, 3.05) is 12.8 Å². The Morgan fingerprint density at radius 1 is 1.38 bits per heavy atom. The smallest absolute Gasteiger partial charge is 0.151 e. The van der Waals surface area contributed by atoms with Gasteiger partial charge < -0.3 is 10.5 Å². The summed E-state index contributed by atoms with van der Waals surface area (Å²) < 4.78 is 5.32. The normalized spacial score (nSPS) is 10.4. The van der Waals surface area contributed by atoms with Gasteiger partial charge in [0.2, 0.25) is 0 Å². The first-order chi connectivity index (χ1) is 7.63. The maximum absolute atomic E-state index is 5.86. The molecular formula is C11H14N4O. The highest BCUT2D eigenvalue weighted by Gasteiger charge is 2.14. The van der Waals surface area contributed by atoms with E-state index >= 15 is 0 Å². The predicted molar refractivity (Wildman–Crippen MR) is 62.1 cm³/mol. The SMILES string of the molecule is COc1c(N)ccc(C)c1-c1cnn(C)n1. The van der Waals surface area contributed by atoms with Gasteiger partial charge in [0.05, 0.1) is 24.6 Å². The maximum atomic E-state index is 5.86. The minimum absolute atomic E-state index is 0.605. The lowest BCUT2D eigenvalue weighted by Gasteiger charge is -2.11. The van der Waals surface area contributed by atoms with Gasteiger partial charge in [-0.25, -0.2) is 0 Å². The second kappa shape index (κ2) is 3.84. The molecule has 0 aliphatic rings. The summed E-state index contributed by atoms with van der Waals surface area (Å²) in [6, 6.07) is 3.77. The van der Waals surface area contributed by atoms with E-state index in [1.807, 2.05) is 19.1 Å². The van der Waals surface area contributed by atoms with Crippen molar-refractivity contribution < 1.29 is 4.74 Å². The topological polar surface area (TPSA) is 66.0 Å². The Morgan fingerprint density at radius 3 is 2.69 bits per heavy atom. The van der Waals surface area contributed by atoms with Gasteiger partial charge in [-0.1, -0.05) is 6.07 Å². The number of hydrogen-bond donors (Lipinski definition) is 1. The van der Waals surface area contributed by atoms with Gasteiger partial charge >= 0.3 is 0 Å². The molecule has 0 amide bonds. The molecule has 0 unspecified atom stereocenters. The van der Waals surface area contributed by atoms with E-state index in [0.717, 1.165) is 16.8 Å². The van der Waals surface area contributed by atoms with Gasteiger partial charge in [-0.3, -0.25) is 0 Å². The number of nitrogens with two attached hydrogens (primary N) is 1. The maximum Gasteiger partial charge on any atom is 0.151 e. The van der Waals surface area contributed by atoms with E-state index in [4.69, 9.17) is 10.5 Å². The van der Waals surface area contributed by atoms with E-state index in [9.17, 15) is 0 Å². The Hall–Kier alpha value is -2.04. The third kappa shape index (κ3) is 1.60. The van der Waals surface area contributed by atoms with Gasteiger partial charge in [0.1, 0.15) is 5.69 Å². The highest BCUT2D eigenvalue weighted by atomic mass is 16.5. The Labute approximate surface area is 93.8 Å². The lowest BCUT2D eigenvalue weighted by atomic mass is 10.0. The first-order valence-corrected chi connectivity index (χ1v) is 4.93. The summed E-state index contributed by atoms with van der Waals surface area (Å²) in [6.07, 6.45) is 1.70. The standard InChI is InChI=1S/C11H14N4O/c1-7-4-5-8(12)11(16-3)10(7)9-6-13-15(2)14-9/h4-6H,12H2,1-3H3. The first kappa shape index (κ1) is 10.5. The van der Waals surface area contributed by atoms with Crippen LogP contribution in [-0.4, -0.2) is 22.1 Å². The lowest BCUT2D eigenvalue weighted by Crippen LogP contribution is -1.98. The third-order valence-electron chi connectivity index (χ3n) is 2.46. The van der Waals surface area contributed by atoms with Crippen LogP contribution in [0.3, 0.4) is 0 Å². The van der Waals surface area contributed by atoms with Gasteiger partial charge in [-0.05, 0) is 18.6 Å². The predicted octanol–water partition coefficient (Wildman–Crippen LogP) is 1.38. The summed E-state index contributed by atoms with van der Waals surface area (Å²) in [6.45, 7) is 1.99. The van der Waals surface area contributed by atoms with Gasteiger partial charge in [0.25, 0.3) is 0 Å². The number of nitrogens with zero attached hydrogens (tertiary/aromatic N) is 3. The monoisotopic (exact) mass is 218 g/mol. The molecule has 84 valence electrons. The number of aromatic nitrogens is 3. The van der Waals surface area contributed by atoms with Crippen LogP contribution in [-0.2, 0) is 7.05 Å². The minimum atomic E-state index is 0.605. The van der Waals surface area contributed by atoms with E-state index in [2.05, 4.69) is 10.2 Å². The molecule has 1 heterocycles. The van der Waals surface area contributed by atoms with E-state index in [1.54, 1.807) is 20.4 Å². The van der Waals surface area contributed by atoms with E-state index in [-0.39, 0.29) is 0 Å². The van der Waals surface area contributed by atoms with Crippen LogP contribution in [0.4, 0.5) is 5.69 Å². The molecule has 0 aliphatic heterocycles.